The summed E-state index contributed by atoms with van der Waals surface area (Å²) in [5.41, 5.74) is 0. The average Bonchev–Trinajstić information content (AvgIpc) is 2.52. The van der Waals surface area contributed by atoms with Crippen molar-refractivity contribution in [1.82, 2.24) is 0 Å². The Morgan fingerprint density at radius 3 is 1.90 bits per heavy atom. The van der Waals surface area contributed by atoms with E-state index in [1.54, 1.807) is 0 Å². The van der Waals surface area contributed by atoms with Crippen molar-refractivity contribution in [3.8, 4) is 11.5 Å². The van der Waals surface area contributed by atoms with Crippen molar-refractivity contribution in [2.24, 2.45) is 0 Å². The molecule has 2 aromatic rings. The Balaban J connectivity index is 1.98. The number of halogens is 1. The lowest BCUT2D eigenvalue weighted by atomic mass is 10.1. The quantitative estimate of drug-likeness (QED) is 0.434. The Hall–Kier alpha value is -1.22. The molecule has 0 bridgehead atoms. The van der Waals surface area contributed by atoms with Crippen LogP contribution >= 0.6 is 15.9 Å². The maximum absolute atomic E-state index is 5.79. The summed E-state index contributed by atoms with van der Waals surface area (Å²) in [5, 5.41) is 3.35. The normalized spacial score (nSPS) is 10.8. The highest BCUT2D eigenvalue weighted by Crippen LogP contribution is 2.25. The second-order valence-corrected chi connectivity index (χ2v) is 5.91. The highest BCUT2D eigenvalue weighted by Gasteiger charge is 2.00. The van der Waals surface area contributed by atoms with Gasteiger partial charge in [-0.2, -0.15) is 0 Å². The lowest BCUT2D eigenvalue weighted by Gasteiger charge is -2.09. The summed E-state index contributed by atoms with van der Waals surface area (Å²) in [5.74, 6) is 1.88. The summed E-state index contributed by atoms with van der Waals surface area (Å²) in [6, 6.07) is 12.4. The third-order valence-electron chi connectivity index (χ3n) is 3.35. The minimum Gasteiger partial charge on any atom is -0.494 e. The Morgan fingerprint density at radius 1 is 0.810 bits per heavy atom. The highest BCUT2D eigenvalue weighted by molar-refractivity contribution is 9.09. The molecule has 0 unspecified atom stereocenters. The van der Waals surface area contributed by atoms with E-state index < -0.39 is 0 Å². The van der Waals surface area contributed by atoms with E-state index in [2.05, 4.69) is 47.1 Å². The Kier molecular flexibility index (Phi) is 6.87. The fourth-order valence-electron chi connectivity index (χ4n) is 2.17. The first-order valence-electron chi connectivity index (χ1n) is 7.69. The lowest BCUT2D eigenvalue weighted by Crippen LogP contribution is -1.98. The van der Waals surface area contributed by atoms with Gasteiger partial charge >= 0.3 is 0 Å². The van der Waals surface area contributed by atoms with Crippen molar-refractivity contribution < 1.29 is 9.47 Å². The van der Waals surface area contributed by atoms with Gasteiger partial charge < -0.3 is 9.47 Å². The van der Waals surface area contributed by atoms with E-state index in [9.17, 15) is 0 Å². The third kappa shape index (κ3) is 5.24. The van der Waals surface area contributed by atoms with Crippen LogP contribution in [0.1, 0.15) is 32.6 Å². The van der Waals surface area contributed by atoms with Gasteiger partial charge in [0.25, 0.3) is 0 Å². The summed E-state index contributed by atoms with van der Waals surface area (Å²) in [4.78, 5) is 0. The number of benzene rings is 2. The Morgan fingerprint density at radius 2 is 1.38 bits per heavy atom. The summed E-state index contributed by atoms with van der Waals surface area (Å²) in [6.45, 7) is 3.75. The van der Waals surface area contributed by atoms with E-state index in [4.69, 9.17) is 9.47 Å². The van der Waals surface area contributed by atoms with Crippen LogP contribution in [-0.4, -0.2) is 18.5 Å². The zero-order valence-corrected chi connectivity index (χ0v) is 14.2. The molecule has 0 fully saturated rings. The van der Waals surface area contributed by atoms with Crippen molar-refractivity contribution in [3.05, 3.63) is 36.4 Å². The van der Waals surface area contributed by atoms with Gasteiger partial charge in [0.15, 0.2) is 0 Å². The molecule has 3 heteroatoms. The maximum Gasteiger partial charge on any atom is 0.119 e. The van der Waals surface area contributed by atoms with E-state index in [0.29, 0.717) is 0 Å². The number of alkyl halides is 1. The molecule has 0 aliphatic heterocycles. The maximum atomic E-state index is 5.79. The SMILES string of the molecule is CCCCCOc1ccc2cc(OCCCBr)ccc2c1. The fraction of sp³-hybridized carbons (Fsp3) is 0.444. The summed E-state index contributed by atoms with van der Waals surface area (Å²) < 4.78 is 11.5. The number of ether oxygens (including phenoxy) is 2. The lowest BCUT2D eigenvalue weighted by molar-refractivity contribution is 0.306. The van der Waals surface area contributed by atoms with Crippen molar-refractivity contribution in [2.45, 2.75) is 32.6 Å². The van der Waals surface area contributed by atoms with Gasteiger partial charge in [-0.25, -0.2) is 0 Å². The first-order chi connectivity index (χ1) is 10.3. The molecule has 21 heavy (non-hydrogen) atoms. The topological polar surface area (TPSA) is 18.5 Å². The predicted molar refractivity (Wildman–Crippen MR) is 92.9 cm³/mol. The van der Waals surface area contributed by atoms with Crippen LogP contribution in [0.5, 0.6) is 11.5 Å². The van der Waals surface area contributed by atoms with Crippen molar-refractivity contribution in [3.63, 3.8) is 0 Å². The van der Waals surface area contributed by atoms with Gasteiger partial charge in [0, 0.05) is 5.33 Å². The van der Waals surface area contributed by atoms with Crippen LogP contribution < -0.4 is 9.47 Å². The van der Waals surface area contributed by atoms with Crippen LogP contribution in [0.15, 0.2) is 36.4 Å². The molecule has 0 spiro atoms. The van der Waals surface area contributed by atoms with Crippen molar-refractivity contribution in [2.75, 3.05) is 18.5 Å². The smallest absolute Gasteiger partial charge is 0.119 e. The van der Waals surface area contributed by atoms with Crippen LogP contribution in [0.2, 0.25) is 0 Å². The molecule has 2 rings (SSSR count). The largest absolute Gasteiger partial charge is 0.494 e. The Labute approximate surface area is 135 Å². The zero-order valence-electron chi connectivity index (χ0n) is 12.6. The third-order valence-corrected chi connectivity index (χ3v) is 3.91. The molecule has 0 aliphatic rings. The molecular weight excluding hydrogens is 328 g/mol. The van der Waals surface area contributed by atoms with Crippen molar-refractivity contribution in [1.29, 1.82) is 0 Å². The van der Waals surface area contributed by atoms with Crippen LogP contribution in [0.3, 0.4) is 0 Å². The van der Waals surface area contributed by atoms with Gasteiger partial charge in [-0.3, -0.25) is 0 Å². The van der Waals surface area contributed by atoms with Crippen LogP contribution in [0.4, 0.5) is 0 Å². The monoisotopic (exact) mass is 350 g/mol. The van der Waals surface area contributed by atoms with Gasteiger partial charge in [0.05, 0.1) is 13.2 Å². The molecule has 114 valence electrons. The first-order valence-corrected chi connectivity index (χ1v) is 8.81. The number of fused-ring (bicyclic) bond motifs is 1. The molecule has 0 aromatic heterocycles. The molecule has 0 saturated heterocycles. The van der Waals surface area contributed by atoms with Gasteiger partial charge in [-0.05, 0) is 47.9 Å². The molecule has 0 heterocycles. The van der Waals surface area contributed by atoms with Gasteiger partial charge in [0.1, 0.15) is 11.5 Å². The summed E-state index contributed by atoms with van der Waals surface area (Å²) >= 11 is 3.41. The van der Waals surface area contributed by atoms with Gasteiger partial charge in [-0.15, -0.1) is 0 Å². The summed E-state index contributed by atoms with van der Waals surface area (Å²) in [6.07, 6.45) is 4.58. The zero-order chi connectivity index (χ0) is 14.9. The van der Waals surface area contributed by atoms with Gasteiger partial charge in [-0.1, -0.05) is 47.8 Å². The van der Waals surface area contributed by atoms with Crippen LogP contribution in [-0.2, 0) is 0 Å². The second-order valence-electron chi connectivity index (χ2n) is 5.12. The number of hydrogen-bond acceptors (Lipinski definition) is 2. The number of unbranched alkanes of at least 4 members (excludes halogenated alkanes) is 2. The average molecular weight is 351 g/mol. The fourth-order valence-corrected chi connectivity index (χ4v) is 2.40. The first kappa shape index (κ1) is 16.2. The van der Waals surface area contributed by atoms with E-state index in [-0.39, 0.29) is 0 Å². The van der Waals surface area contributed by atoms with Crippen LogP contribution in [0.25, 0.3) is 10.8 Å². The molecular formula is C18H23BrO2. The highest BCUT2D eigenvalue weighted by atomic mass is 79.9. The molecule has 0 radical (unpaired) electrons. The minimum atomic E-state index is 0.745. The van der Waals surface area contributed by atoms with Crippen LogP contribution in [0, 0.1) is 0 Å². The standard InChI is InChI=1S/C18H23BrO2/c1-2-3-4-11-20-17-8-6-16-14-18(21-12-5-10-19)9-7-15(16)13-17/h6-9,13-14H,2-5,10-12H2,1H3. The molecule has 0 N–H and O–H groups in total. The summed E-state index contributed by atoms with van der Waals surface area (Å²) in [7, 11) is 0. The number of rotatable bonds is 9. The van der Waals surface area contributed by atoms with Gasteiger partial charge in [0.2, 0.25) is 0 Å². The molecule has 0 saturated carbocycles. The molecule has 2 aromatic carbocycles. The van der Waals surface area contributed by atoms with E-state index in [1.807, 2.05) is 12.1 Å². The van der Waals surface area contributed by atoms with E-state index in [0.717, 1.165) is 42.9 Å². The second kappa shape index (κ2) is 8.93. The molecule has 0 aliphatic carbocycles. The molecule has 0 atom stereocenters. The molecule has 0 amide bonds. The van der Waals surface area contributed by atoms with E-state index >= 15 is 0 Å². The van der Waals surface area contributed by atoms with E-state index in [1.165, 1.54) is 23.6 Å². The molecule has 2 nitrogen and oxygen atoms in total. The Bertz CT molecular complexity index is 554. The van der Waals surface area contributed by atoms with Crippen molar-refractivity contribution >= 4 is 26.7 Å². The predicted octanol–water partition coefficient (Wildman–Crippen LogP) is 5.57. The minimum absolute atomic E-state index is 0.745. The number of hydrogen-bond donors (Lipinski definition) is 0.